The van der Waals surface area contributed by atoms with Gasteiger partial charge in [0, 0.05) is 17.1 Å². The van der Waals surface area contributed by atoms with Gasteiger partial charge in [0.1, 0.15) is 5.75 Å². The number of nitrogens with zero attached hydrogens (tertiary/aromatic N) is 1. The van der Waals surface area contributed by atoms with Crippen LogP contribution in [0.25, 0.3) is 10.9 Å². The number of benzene rings is 2. The number of carbonyl (C=O) groups is 1. The maximum Gasteiger partial charge on any atom is 0.262 e. The Bertz CT molecular complexity index is 729. The Balaban J connectivity index is 2.18. The zero-order valence-electron chi connectivity index (χ0n) is 10.5. The predicted octanol–water partition coefficient (Wildman–Crippen LogP) is 3.34. The summed E-state index contributed by atoms with van der Waals surface area (Å²) in [5.74, 6) is 0.645. The molecule has 19 heavy (non-hydrogen) atoms. The first-order valence-electron chi connectivity index (χ1n) is 6.05. The molecular weight excluding hydrogens is 238 g/mol. The fourth-order valence-electron chi connectivity index (χ4n) is 2.21. The molecule has 0 N–H and O–H groups in total. The molecule has 0 aliphatic rings. The van der Waals surface area contributed by atoms with Crippen LogP contribution in [0.2, 0.25) is 0 Å². The Labute approximate surface area is 111 Å². The van der Waals surface area contributed by atoms with E-state index in [9.17, 15) is 4.79 Å². The summed E-state index contributed by atoms with van der Waals surface area (Å²) in [7, 11) is 1.61. The first-order valence-corrected chi connectivity index (χ1v) is 6.05. The Morgan fingerprint density at radius 1 is 1.00 bits per heavy atom. The molecule has 1 heterocycles. The molecule has 0 aliphatic carbocycles. The summed E-state index contributed by atoms with van der Waals surface area (Å²) < 4.78 is 6.97. The molecule has 0 fully saturated rings. The minimum atomic E-state index is -0.0555. The lowest BCUT2D eigenvalue weighted by Crippen LogP contribution is -2.10. The number of ether oxygens (including phenoxy) is 1. The molecule has 3 aromatic rings. The molecule has 0 saturated heterocycles. The molecular formula is C16H13NO2. The third-order valence-corrected chi connectivity index (χ3v) is 3.13. The van der Waals surface area contributed by atoms with E-state index in [0.29, 0.717) is 11.3 Å². The number of para-hydroxylation sites is 1. The number of methoxy groups -OCH3 is 1. The minimum Gasteiger partial charge on any atom is -0.495 e. The number of aromatic nitrogens is 1. The van der Waals surface area contributed by atoms with Gasteiger partial charge < -0.3 is 4.74 Å². The second-order valence-electron chi connectivity index (χ2n) is 4.26. The molecule has 1 aromatic heterocycles. The summed E-state index contributed by atoms with van der Waals surface area (Å²) in [5.41, 5.74) is 1.46. The number of hydrogen-bond donors (Lipinski definition) is 0. The van der Waals surface area contributed by atoms with Crippen LogP contribution in [-0.2, 0) is 0 Å². The van der Waals surface area contributed by atoms with E-state index in [4.69, 9.17) is 4.74 Å². The second kappa shape index (κ2) is 4.61. The molecule has 0 saturated carbocycles. The summed E-state index contributed by atoms with van der Waals surface area (Å²) in [4.78, 5) is 12.5. The van der Waals surface area contributed by atoms with Crippen molar-refractivity contribution in [2.75, 3.05) is 7.11 Å². The van der Waals surface area contributed by atoms with E-state index in [0.717, 1.165) is 10.9 Å². The topological polar surface area (TPSA) is 31.2 Å². The highest BCUT2D eigenvalue weighted by Gasteiger charge is 2.13. The van der Waals surface area contributed by atoms with Crippen LogP contribution < -0.4 is 4.74 Å². The highest BCUT2D eigenvalue weighted by molar-refractivity contribution is 6.03. The predicted molar refractivity (Wildman–Crippen MR) is 74.7 cm³/mol. The van der Waals surface area contributed by atoms with E-state index >= 15 is 0 Å². The van der Waals surface area contributed by atoms with E-state index in [1.54, 1.807) is 17.9 Å². The highest BCUT2D eigenvalue weighted by atomic mass is 16.5. The molecule has 0 unspecified atom stereocenters. The third kappa shape index (κ3) is 1.89. The van der Waals surface area contributed by atoms with Crippen LogP contribution in [0.1, 0.15) is 10.4 Å². The molecule has 0 bridgehead atoms. The van der Waals surface area contributed by atoms with Crippen molar-refractivity contribution >= 4 is 16.8 Å². The molecule has 0 radical (unpaired) electrons. The van der Waals surface area contributed by atoms with Crippen LogP contribution in [0.4, 0.5) is 0 Å². The van der Waals surface area contributed by atoms with Crippen molar-refractivity contribution in [3.63, 3.8) is 0 Å². The molecule has 3 heteroatoms. The second-order valence-corrected chi connectivity index (χ2v) is 4.26. The molecule has 0 atom stereocenters. The quantitative estimate of drug-likeness (QED) is 0.699. The lowest BCUT2D eigenvalue weighted by molar-refractivity contribution is 0.0964. The van der Waals surface area contributed by atoms with Gasteiger partial charge in [0.15, 0.2) is 0 Å². The first-order chi connectivity index (χ1) is 9.31. The van der Waals surface area contributed by atoms with E-state index in [1.165, 1.54) is 0 Å². The Morgan fingerprint density at radius 2 is 1.79 bits per heavy atom. The van der Waals surface area contributed by atoms with Gasteiger partial charge in [-0.2, -0.15) is 0 Å². The maximum atomic E-state index is 12.5. The van der Waals surface area contributed by atoms with Crippen LogP contribution in [0, 0.1) is 0 Å². The van der Waals surface area contributed by atoms with E-state index in [-0.39, 0.29) is 5.91 Å². The van der Waals surface area contributed by atoms with Gasteiger partial charge in [-0.05, 0) is 24.3 Å². The van der Waals surface area contributed by atoms with Crippen molar-refractivity contribution in [3.05, 3.63) is 66.4 Å². The van der Waals surface area contributed by atoms with Gasteiger partial charge in [-0.15, -0.1) is 0 Å². The van der Waals surface area contributed by atoms with Gasteiger partial charge in [0.25, 0.3) is 5.91 Å². The molecule has 0 aliphatic heterocycles. The van der Waals surface area contributed by atoms with Crippen molar-refractivity contribution in [1.29, 1.82) is 0 Å². The van der Waals surface area contributed by atoms with Gasteiger partial charge >= 0.3 is 0 Å². The van der Waals surface area contributed by atoms with Crippen molar-refractivity contribution in [2.24, 2.45) is 0 Å². The zero-order chi connectivity index (χ0) is 13.2. The van der Waals surface area contributed by atoms with Crippen molar-refractivity contribution in [1.82, 2.24) is 4.57 Å². The van der Waals surface area contributed by atoms with Gasteiger partial charge in [0.05, 0.1) is 12.6 Å². The number of fused-ring (bicyclic) bond motifs is 1. The average molecular weight is 251 g/mol. The van der Waals surface area contributed by atoms with Crippen LogP contribution in [0.5, 0.6) is 5.75 Å². The largest absolute Gasteiger partial charge is 0.495 e. The van der Waals surface area contributed by atoms with Crippen LogP contribution in [0.15, 0.2) is 60.8 Å². The van der Waals surface area contributed by atoms with Gasteiger partial charge in [-0.1, -0.05) is 30.3 Å². The highest BCUT2D eigenvalue weighted by Crippen LogP contribution is 2.26. The van der Waals surface area contributed by atoms with Crippen molar-refractivity contribution < 1.29 is 9.53 Å². The van der Waals surface area contributed by atoms with Crippen LogP contribution in [-0.4, -0.2) is 17.6 Å². The van der Waals surface area contributed by atoms with Gasteiger partial charge in [-0.3, -0.25) is 9.36 Å². The summed E-state index contributed by atoms with van der Waals surface area (Å²) in [6.45, 7) is 0. The Morgan fingerprint density at radius 3 is 2.53 bits per heavy atom. The lowest BCUT2D eigenvalue weighted by Gasteiger charge is -2.07. The van der Waals surface area contributed by atoms with E-state index in [2.05, 4.69) is 0 Å². The monoisotopic (exact) mass is 251 g/mol. The summed E-state index contributed by atoms with van der Waals surface area (Å²) in [5, 5.41) is 0.989. The molecule has 94 valence electrons. The minimum absolute atomic E-state index is 0.0555. The smallest absolute Gasteiger partial charge is 0.262 e. The lowest BCUT2D eigenvalue weighted by atomic mass is 10.2. The van der Waals surface area contributed by atoms with Gasteiger partial charge in [0.2, 0.25) is 0 Å². The maximum absolute atomic E-state index is 12.5. The SMILES string of the molecule is COc1cccc2ccn(C(=O)c3ccccc3)c12. The first kappa shape index (κ1) is 11.5. The number of rotatable bonds is 2. The Kier molecular flexibility index (Phi) is 2.80. The molecule has 0 amide bonds. The Hall–Kier alpha value is -2.55. The van der Waals surface area contributed by atoms with Crippen molar-refractivity contribution in [2.45, 2.75) is 0 Å². The van der Waals surface area contributed by atoms with E-state index in [1.807, 2.05) is 54.6 Å². The molecule has 3 rings (SSSR count). The van der Waals surface area contributed by atoms with Crippen LogP contribution >= 0.6 is 0 Å². The standard InChI is InChI=1S/C16H13NO2/c1-19-14-9-5-8-12-10-11-17(15(12)14)16(18)13-6-3-2-4-7-13/h2-11H,1H3. The number of hydrogen-bond acceptors (Lipinski definition) is 2. The molecule has 3 nitrogen and oxygen atoms in total. The molecule has 2 aromatic carbocycles. The average Bonchev–Trinajstić information content (AvgIpc) is 2.91. The van der Waals surface area contributed by atoms with E-state index < -0.39 is 0 Å². The molecule has 0 spiro atoms. The van der Waals surface area contributed by atoms with Gasteiger partial charge in [-0.25, -0.2) is 0 Å². The zero-order valence-corrected chi connectivity index (χ0v) is 10.5. The normalized spacial score (nSPS) is 10.6. The summed E-state index contributed by atoms with van der Waals surface area (Å²) in [6, 6.07) is 16.9. The number of carbonyl (C=O) groups excluding carboxylic acids is 1. The summed E-state index contributed by atoms with van der Waals surface area (Å²) >= 11 is 0. The third-order valence-electron chi connectivity index (χ3n) is 3.13. The summed E-state index contributed by atoms with van der Waals surface area (Å²) in [6.07, 6.45) is 1.78. The van der Waals surface area contributed by atoms with Crippen molar-refractivity contribution in [3.8, 4) is 5.75 Å². The fraction of sp³-hybridized carbons (Fsp3) is 0.0625. The van der Waals surface area contributed by atoms with Crippen LogP contribution in [0.3, 0.4) is 0 Å². The fourth-order valence-corrected chi connectivity index (χ4v) is 2.21.